The van der Waals surface area contributed by atoms with Crippen molar-refractivity contribution in [1.82, 2.24) is 9.80 Å². The second-order valence-corrected chi connectivity index (χ2v) is 5.14. The van der Waals surface area contributed by atoms with E-state index in [2.05, 4.69) is 16.8 Å². The molecule has 0 aromatic rings. The lowest BCUT2D eigenvalue weighted by Gasteiger charge is -2.34. The summed E-state index contributed by atoms with van der Waals surface area (Å²) in [6.45, 7) is 11.1. The smallest absolute Gasteiger partial charge is 0.0825 e. The van der Waals surface area contributed by atoms with E-state index < -0.39 is 0 Å². The van der Waals surface area contributed by atoms with Gasteiger partial charge in [-0.25, -0.2) is 0 Å². The van der Waals surface area contributed by atoms with Crippen LogP contribution in [0.15, 0.2) is 0 Å². The van der Waals surface area contributed by atoms with Crippen LogP contribution < -0.4 is 5.73 Å². The predicted octanol–water partition coefficient (Wildman–Crippen LogP) is -0.369. The van der Waals surface area contributed by atoms with Gasteiger partial charge in [0.1, 0.15) is 0 Å². The number of nitrogens with zero attached hydrogens (tertiary/aromatic N) is 2. The van der Waals surface area contributed by atoms with E-state index in [4.69, 9.17) is 19.9 Å². The van der Waals surface area contributed by atoms with Gasteiger partial charge in [0, 0.05) is 45.9 Å². The van der Waals surface area contributed by atoms with Gasteiger partial charge in [-0.1, -0.05) is 0 Å². The Labute approximate surface area is 123 Å². The van der Waals surface area contributed by atoms with Crippen molar-refractivity contribution in [3.05, 3.63) is 0 Å². The molecule has 0 amide bonds. The normalized spacial score (nSPS) is 19.4. The number of rotatable bonds is 11. The molecule has 1 unspecified atom stereocenters. The molecule has 1 fully saturated rings. The molecule has 0 saturated carbocycles. The number of nitrogens with two attached hydrogens (primary N) is 1. The van der Waals surface area contributed by atoms with E-state index in [9.17, 15) is 0 Å². The van der Waals surface area contributed by atoms with Crippen LogP contribution in [0.4, 0.5) is 0 Å². The first kappa shape index (κ1) is 17.8. The van der Waals surface area contributed by atoms with E-state index in [0.29, 0.717) is 33.0 Å². The molecule has 120 valence electrons. The molecule has 1 heterocycles. The number of hydrogen-bond donors (Lipinski definition) is 1. The summed E-state index contributed by atoms with van der Waals surface area (Å²) >= 11 is 0. The van der Waals surface area contributed by atoms with Crippen LogP contribution in [-0.4, -0.2) is 95.3 Å². The minimum absolute atomic E-state index is 0.105. The maximum Gasteiger partial charge on any atom is 0.0825 e. The number of ether oxygens (including phenoxy) is 3. The van der Waals surface area contributed by atoms with Crippen LogP contribution >= 0.6 is 0 Å². The first-order valence-corrected chi connectivity index (χ1v) is 7.64. The van der Waals surface area contributed by atoms with E-state index >= 15 is 0 Å². The Hall–Kier alpha value is -0.240. The van der Waals surface area contributed by atoms with Gasteiger partial charge in [-0.2, -0.15) is 0 Å². The van der Waals surface area contributed by atoms with Crippen LogP contribution in [0.1, 0.15) is 6.92 Å². The molecule has 6 heteroatoms. The molecule has 1 aliphatic rings. The summed E-state index contributed by atoms with van der Waals surface area (Å²) in [6.07, 6.45) is 0.105. The Morgan fingerprint density at radius 3 is 2.30 bits per heavy atom. The first-order valence-electron chi connectivity index (χ1n) is 7.64. The van der Waals surface area contributed by atoms with Gasteiger partial charge in [-0.15, -0.1) is 0 Å². The van der Waals surface area contributed by atoms with Crippen LogP contribution in [0.3, 0.4) is 0 Å². The molecule has 0 aliphatic carbocycles. The number of likely N-dealkylation sites (N-methyl/N-ethyl adjacent to an activating group) is 1. The van der Waals surface area contributed by atoms with Crippen molar-refractivity contribution in [2.24, 2.45) is 5.73 Å². The van der Waals surface area contributed by atoms with Crippen molar-refractivity contribution in [3.8, 4) is 0 Å². The standard InChI is InChI=1S/C14H31N3O3/c1-3-18-8-9-19-10-11-20-14(12-15)13-17-6-4-16(2)5-7-17/h14H,3-13,15H2,1-2H3. The first-order chi connectivity index (χ1) is 9.76. The second kappa shape index (κ2) is 11.4. The van der Waals surface area contributed by atoms with E-state index in [-0.39, 0.29) is 6.10 Å². The Morgan fingerprint density at radius 2 is 1.65 bits per heavy atom. The highest BCUT2D eigenvalue weighted by Gasteiger charge is 2.17. The van der Waals surface area contributed by atoms with Gasteiger partial charge in [0.25, 0.3) is 0 Å². The highest BCUT2D eigenvalue weighted by Crippen LogP contribution is 2.02. The van der Waals surface area contributed by atoms with Crippen molar-refractivity contribution in [2.45, 2.75) is 13.0 Å². The SMILES string of the molecule is CCOCCOCCOC(CN)CN1CCN(C)CC1. The van der Waals surface area contributed by atoms with Crippen molar-refractivity contribution in [1.29, 1.82) is 0 Å². The van der Waals surface area contributed by atoms with Crippen LogP contribution in [0, 0.1) is 0 Å². The van der Waals surface area contributed by atoms with Gasteiger partial charge in [0.15, 0.2) is 0 Å². The maximum atomic E-state index is 5.78. The van der Waals surface area contributed by atoms with Gasteiger partial charge in [-0.05, 0) is 14.0 Å². The van der Waals surface area contributed by atoms with Crippen molar-refractivity contribution in [2.75, 3.05) is 79.4 Å². The molecule has 1 rings (SSSR count). The van der Waals surface area contributed by atoms with Crippen molar-refractivity contribution < 1.29 is 14.2 Å². The highest BCUT2D eigenvalue weighted by atomic mass is 16.5. The minimum atomic E-state index is 0.105. The van der Waals surface area contributed by atoms with E-state index in [1.165, 1.54) is 0 Å². The number of hydrogen-bond acceptors (Lipinski definition) is 6. The highest BCUT2D eigenvalue weighted by molar-refractivity contribution is 4.73. The lowest BCUT2D eigenvalue weighted by Crippen LogP contribution is -2.48. The summed E-state index contributed by atoms with van der Waals surface area (Å²) in [5.41, 5.74) is 5.77. The lowest BCUT2D eigenvalue weighted by atomic mass is 10.2. The Balaban J connectivity index is 2.01. The molecule has 6 nitrogen and oxygen atoms in total. The third kappa shape index (κ3) is 8.14. The number of piperazine rings is 1. The van der Waals surface area contributed by atoms with Gasteiger partial charge in [-0.3, -0.25) is 4.90 Å². The summed E-state index contributed by atoms with van der Waals surface area (Å²) in [6, 6.07) is 0. The third-order valence-electron chi connectivity index (χ3n) is 3.48. The fourth-order valence-electron chi connectivity index (χ4n) is 2.15. The average Bonchev–Trinajstić information content (AvgIpc) is 2.47. The van der Waals surface area contributed by atoms with E-state index in [0.717, 1.165) is 39.3 Å². The summed E-state index contributed by atoms with van der Waals surface area (Å²) in [4.78, 5) is 4.77. The second-order valence-electron chi connectivity index (χ2n) is 5.14. The maximum absolute atomic E-state index is 5.78. The molecule has 0 aromatic carbocycles. The monoisotopic (exact) mass is 289 g/mol. The molecule has 0 bridgehead atoms. The van der Waals surface area contributed by atoms with Gasteiger partial charge in [0.05, 0.1) is 32.5 Å². The third-order valence-corrected chi connectivity index (χ3v) is 3.48. The van der Waals surface area contributed by atoms with E-state index in [1.807, 2.05) is 6.92 Å². The molecule has 1 atom stereocenters. The minimum Gasteiger partial charge on any atom is -0.379 e. The van der Waals surface area contributed by atoms with Gasteiger partial charge < -0.3 is 24.8 Å². The van der Waals surface area contributed by atoms with Gasteiger partial charge in [0.2, 0.25) is 0 Å². The molecule has 20 heavy (non-hydrogen) atoms. The van der Waals surface area contributed by atoms with Gasteiger partial charge >= 0.3 is 0 Å². The Kier molecular flexibility index (Phi) is 10.2. The summed E-state index contributed by atoms with van der Waals surface area (Å²) in [5.74, 6) is 0. The van der Waals surface area contributed by atoms with Crippen molar-refractivity contribution >= 4 is 0 Å². The lowest BCUT2D eigenvalue weighted by molar-refractivity contribution is -0.0212. The molecular weight excluding hydrogens is 258 g/mol. The van der Waals surface area contributed by atoms with Crippen molar-refractivity contribution in [3.63, 3.8) is 0 Å². The predicted molar refractivity (Wildman–Crippen MR) is 80.0 cm³/mol. The van der Waals surface area contributed by atoms with Crippen LogP contribution in [0.5, 0.6) is 0 Å². The molecular formula is C14H31N3O3. The summed E-state index contributed by atoms with van der Waals surface area (Å²) in [5, 5.41) is 0. The van der Waals surface area contributed by atoms with E-state index in [1.54, 1.807) is 0 Å². The fraction of sp³-hybridized carbons (Fsp3) is 1.00. The quantitative estimate of drug-likeness (QED) is 0.524. The molecule has 0 radical (unpaired) electrons. The Morgan fingerprint density at radius 1 is 1.00 bits per heavy atom. The average molecular weight is 289 g/mol. The zero-order valence-electron chi connectivity index (χ0n) is 13.1. The molecule has 1 aliphatic heterocycles. The molecule has 2 N–H and O–H groups in total. The Bertz CT molecular complexity index is 224. The largest absolute Gasteiger partial charge is 0.379 e. The zero-order valence-corrected chi connectivity index (χ0v) is 13.1. The van der Waals surface area contributed by atoms with Crippen LogP contribution in [0.2, 0.25) is 0 Å². The molecule has 0 aromatic heterocycles. The topological polar surface area (TPSA) is 60.2 Å². The molecule has 0 spiro atoms. The summed E-state index contributed by atoms with van der Waals surface area (Å²) in [7, 11) is 2.16. The molecule has 1 saturated heterocycles. The van der Waals surface area contributed by atoms with Crippen LogP contribution in [0.25, 0.3) is 0 Å². The van der Waals surface area contributed by atoms with Crippen LogP contribution in [-0.2, 0) is 14.2 Å². The zero-order chi connectivity index (χ0) is 14.6. The summed E-state index contributed by atoms with van der Waals surface area (Å²) < 4.78 is 16.4. The fourth-order valence-corrected chi connectivity index (χ4v) is 2.15.